The zero-order chi connectivity index (χ0) is 47.0. The van der Waals surface area contributed by atoms with Crippen LogP contribution < -0.4 is 0 Å². The van der Waals surface area contributed by atoms with Crippen LogP contribution in [0.5, 0.6) is 0 Å². The largest absolute Gasteiger partial charge is 0.413 e. The fourth-order valence-electron chi connectivity index (χ4n) is 7.10. The average Bonchev–Trinajstić information content (AvgIpc) is 3.53. The van der Waals surface area contributed by atoms with Crippen molar-refractivity contribution in [1.82, 2.24) is 4.98 Å². The molecule has 348 valence electrons. The summed E-state index contributed by atoms with van der Waals surface area (Å²) in [6, 6.07) is 10.5. The molecular weight excluding hydrogens is 823 g/mol. The number of hydrogen-bond donors (Lipinski definition) is 1. The molecule has 1 heterocycles. The van der Waals surface area contributed by atoms with Crippen molar-refractivity contribution < 1.29 is 23.2 Å². The Morgan fingerprint density at radius 1 is 0.803 bits per heavy atom. The lowest BCUT2D eigenvalue weighted by Crippen LogP contribution is -2.55. The van der Waals surface area contributed by atoms with Gasteiger partial charge in [-0.2, -0.15) is 0 Å². The monoisotopic (exact) mass is 914 g/mol. The topological polar surface area (TPSA) is 77.9 Å². The quantitative estimate of drug-likeness (QED) is 0.0884. The van der Waals surface area contributed by atoms with Gasteiger partial charge in [0.1, 0.15) is 5.78 Å². The molecule has 0 fully saturated rings. The number of rotatable bonds is 23. The number of aryl methyl sites for hydroxylation is 1. The first-order valence-electron chi connectivity index (χ1n) is 23.2. The third-order valence-electron chi connectivity index (χ3n) is 14.6. The average molecular weight is 915 g/mol. The Bertz CT molecular complexity index is 1730. The molecule has 0 amide bonds. The summed E-state index contributed by atoms with van der Waals surface area (Å²) in [5.41, 5.74) is 3.88. The first-order chi connectivity index (χ1) is 27.7. The van der Waals surface area contributed by atoms with Crippen LogP contribution in [0, 0.1) is 24.2 Å². The maximum absolute atomic E-state index is 15.5. The fraction of sp³-hybridized carbons (Fsp3) is 0.725. The van der Waals surface area contributed by atoms with Crippen molar-refractivity contribution in [3.63, 3.8) is 0 Å². The lowest BCUT2D eigenvalue weighted by molar-refractivity contribution is -0.141. The fourth-order valence-corrected chi connectivity index (χ4v) is 11.9. The number of Topliss-reactive ketones (excluding diaryl/α,β-unsaturated/α-hetero) is 1. The van der Waals surface area contributed by atoms with Crippen molar-refractivity contribution in [3.05, 3.63) is 69.2 Å². The molecule has 0 radical (unpaired) electrons. The summed E-state index contributed by atoms with van der Waals surface area (Å²) in [6.45, 7) is 47.2. The van der Waals surface area contributed by atoms with E-state index in [4.69, 9.17) is 18.3 Å². The third kappa shape index (κ3) is 16.2. The highest BCUT2D eigenvalue weighted by molar-refractivity contribution is 7.09. The van der Waals surface area contributed by atoms with Crippen molar-refractivity contribution in [2.45, 2.75) is 215 Å². The summed E-state index contributed by atoms with van der Waals surface area (Å²) in [5, 5.41) is 13.6. The van der Waals surface area contributed by atoms with E-state index in [-0.39, 0.29) is 51.5 Å². The number of allylic oxidation sites excluding steroid dienone is 1. The highest BCUT2D eigenvalue weighted by atomic mass is 32.1. The molecule has 10 heteroatoms. The first kappa shape index (κ1) is 55.6. The number of carbonyl (C=O) groups excluding carboxylic acids is 1. The van der Waals surface area contributed by atoms with Crippen molar-refractivity contribution >= 4 is 48.1 Å². The number of aliphatic hydroxyl groups is 1. The van der Waals surface area contributed by atoms with E-state index in [1.54, 1.807) is 11.3 Å². The van der Waals surface area contributed by atoms with E-state index in [9.17, 15) is 5.11 Å². The van der Waals surface area contributed by atoms with Gasteiger partial charge in [-0.05, 0) is 137 Å². The summed E-state index contributed by atoms with van der Waals surface area (Å²) in [4.78, 5) is 20.2. The second-order valence-electron chi connectivity index (χ2n) is 23.3. The Hall–Kier alpha value is -1.51. The van der Waals surface area contributed by atoms with E-state index in [0.29, 0.717) is 12.8 Å². The lowest BCUT2D eigenvalue weighted by Gasteiger charge is -2.47. The second kappa shape index (κ2) is 22.1. The number of aromatic nitrogens is 1. The maximum Gasteiger partial charge on any atom is 0.192 e. The van der Waals surface area contributed by atoms with Crippen molar-refractivity contribution in [3.8, 4) is 0 Å². The van der Waals surface area contributed by atoms with Gasteiger partial charge in [0.15, 0.2) is 25.0 Å². The first-order valence-corrected chi connectivity index (χ1v) is 32.8. The summed E-state index contributed by atoms with van der Waals surface area (Å²) in [5.74, 6) is -0.0783. The second-order valence-corrected chi connectivity index (χ2v) is 38.6. The lowest BCUT2D eigenvalue weighted by atomic mass is 9.70. The highest BCUT2D eigenvalue weighted by Gasteiger charge is 2.50. The number of nitrogens with zero attached hydrogens (tertiary/aromatic N) is 1. The van der Waals surface area contributed by atoms with Gasteiger partial charge in [0.25, 0.3) is 0 Å². The Balaban J connectivity index is 2.53. The molecule has 0 aliphatic heterocycles. The summed E-state index contributed by atoms with van der Waals surface area (Å²) in [7, 11) is -6.64. The van der Waals surface area contributed by atoms with E-state index in [0.717, 1.165) is 41.9 Å². The van der Waals surface area contributed by atoms with Crippen LogP contribution in [-0.2, 0) is 24.5 Å². The minimum absolute atomic E-state index is 0.0115. The Labute approximate surface area is 382 Å². The zero-order valence-corrected chi connectivity index (χ0v) is 46.7. The van der Waals surface area contributed by atoms with Crippen molar-refractivity contribution in [2.24, 2.45) is 17.3 Å². The molecular formula is C51H91NO5SSi3. The molecule has 0 saturated carbocycles. The van der Waals surface area contributed by atoms with E-state index in [2.05, 4.69) is 185 Å². The van der Waals surface area contributed by atoms with Gasteiger partial charge >= 0.3 is 0 Å². The van der Waals surface area contributed by atoms with Crippen molar-refractivity contribution in [2.75, 3.05) is 6.61 Å². The van der Waals surface area contributed by atoms with Crippen LogP contribution in [0.1, 0.15) is 145 Å². The molecule has 2 rings (SSSR count). The minimum Gasteiger partial charge on any atom is -0.413 e. The summed E-state index contributed by atoms with van der Waals surface area (Å²) >= 11 is 1.68. The van der Waals surface area contributed by atoms with E-state index >= 15 is 4.79 Å². The molecule has 1 aromatic carbocycles. The number of aliphatic hydroxyl groups excluding tert-OH is 1. The van der Waals surface area contributed by atoms with Gasteiger partial charge in [0.2, 0.25) is 0 Å². The van der Waals surface area contributed by atoms with Crippen molar-refractivity contribution in [1.29, 1.82) is 0 Å². The molecule has 6 nitrogen and oxygen atoms in total. The summed E-state index contributed by atoms with van der Waals surface area (Å²) in [6.07, 6.45) is 8.65. The van der Waals surface area contributed by atoms with Crippen LogP contribution in [-0.4, -0.2) is 65.7 Å². The molecule has 0 aliphatic rings. The van der Waals surface area contributed by atoms with E-state index in [1.165, 1.54) is 11.1 Å². The molecule has 1 aromatic heterocycles. The molecule has 5 atom stereocenters. The van der Waals surface area contributed by atoms with Gasteiger partial charge in [-0.3, -0.25) is 4.79 Å². The highest BCUT2D eigenvalue weighted by Crippen LogP contribution is 2.45. The van der Waals surface area contributed by atoms with E-state index in [1.807, 2.05) is 6.07 Å². The smallest absolute Gasteiger partial charge is 0.192 e. The Kier molecular flexibility index (Phi) is 20.2. The van der Waals surface area contributed by atoms with Crippen LogP contribution in [0.15, 0.2) is 52.9 Å². The molecule has 0 saturated heterocycles. The van der Waals surface area contributed by atoms with E-state index < -0.39 is 36.5 Å². The van der Waals surface area contributed by atoms with Crippen LogP contribution in [0.4, 0.5) is 0 Å². The normalized spacial score (nSPS) is 17.0. The van der Waals surface area contributed by atoms with Gasteiger partial charge in [-0.25, -0.2) is 4.98 Å². The van der Waals surface area contributed by atoms with Gasteiger partial charge in [0.05, 0.1) is 29.0 Å². The molecule has 0 bridgehead atoms. The predicted molar refractivity (Wildman–Crippen MR) is 272 cm³/mol. The molecule has 1 N–H and O–H groups in total. The van der Waals surface area contributed by atoms with Gasteiger partial charge in [0, 0.05) is 23.3 Å². The number of hydrogen-bond acceptors (Lipinski definition) is 7. The van der Waals surface area contributed by atoms with Gasteiger partial charge in [-0.1, -0.05) is 125 Å². The Morgan fingerprint density at radius 2 is 1.33 bits per heavy atom. The third-order valence-corrected chi connectivity index (χ3v) is 28.8. The number of ketones is 1. The minimum atomic E-state index is -2.33. The van der Waals surface area contributed by atoms with Crippen LogP contribution >= 0.6 is 11.3 Å². The number of benzene rings is 1. The van der Waals surface area contributed by atoms with Crippen LogP contribution in [0.3, 0.4) is 0 Å². The van der Waals surface area contributed by atoms with Crippen LogP contribution in [0.2, 0.25) is 54.4 Å². The molecule has 0 spiro atoms. The molecule has 61 heavy (non-hydrogen) atoms. The molecule has 0 aliphatic carbocycles. The SMILES string of the molecule is CC(=CC[C@H](O[Si](C)(C)C(C)(C)C)C(C)=Cc1csc(C)n1)CCC[C@H](C)[C@@H](O[Si](C)(C)C(C)(C)C)[C@H](Cc1ccccc1)C(=O)C(C)(C)[C@H](CCO)O[Si](C)(C)C(C)(C)C. The zero-order valence-electron chi connectivity index (χ0n) is 42.9. The van der Waals surface area contributed by atoms with Gasteiger partial charge < -0.3 is 18.4 Å². The molecule has 0 unspecified atom stereocenters. The predicted octanol–water partition coefficient (Wildman–Crippen LogP) is 15.0. The summed E-state index contributed by atoms with van der Waals surface area (Å²) < 4.78 is 21.6. The number of thiazole rings is 1. The van der Waals surface area contributed by atoms with Gasteiger partial charge in [-0.15, -0.1) is 11.3 Å². The standard InChI is InChI=1S/C51H91NO5SSi3/c1-37(30-31-44(55-59(16,17)48(5,6)7)39(3)34-42-36-58-40(4)52-42)26-25-27-38(2)46(57-61(20,21)50(11,12)13)43(35-41-28-23-22-24-29-41)47(54)51(14,15)45(32-33-53)56-60(18,19)49(8,9)10/h22-24,28-30,34,36,38,43-46,53H,25-27,31-33,35H2,1-21H3/t38-,43-,44-,45-,46+/m0/s1. The number of carbonyl (C=O) groups is 1. The molecule has 2 aromatic rings. The van der Waals surface area contributed by atoms with Crippen LogP contribution in [0.25, 0.3) is 6.08 Å². The Morgan fingerprint density at radius 3 is 1.82 bits per heavy atom. The maximum atomic E-state index is 15.5.